The number of benzene rings is 5. The molecule has 0 saturated heterocycles. The van der Waals surface area contributed by atoms with Crippen molar-refractivity contribution in [1.29, 1.82) is 0 Å². The minimum atomic E-state index is -0.826. The molecule has 8 aliphatic rings. The molecule has 0 bridgehead atoms. The average molecular weight is 2320 g/mol. The molecular formula is C113H174Cl8N4O5Zr4. The van der Waals surface area contributed by atoms with Crippen LogP contribution in [0.5, 0.6) is 28.7 Å². The van der Waals surface area contributed by atoms with E-state index in [2.05, 4.69) is 114 Å². The Hall–Kier alpha value is -0.368. The number of hydrogen-bond acceptors (Lipinski definition) is 9. The molecule has 134 heavy (non-hydrogen) atoms. The zero-order valence-corrected chi connectivity index (χ0v) is 99.6. The van der Waals surface area contributed by atoms with Crippen LogP contribution in [0.15, 0.2) is 98.8 Å². The van der Waals surface area contributed by atoms with Gasteiger partial charge in [-0.15, -0.1) is 0 Å². The Bertz CT molecular complexity index is 3830. The Labute approximate surface area is 890 Å². The van der Waals surface area contributed by atoms with Crippen molar-refractivity contribution in [3.05, 3.63) is 134 Å². The second kappa shape index (κ2) is 77.1. The van der Waals surface area contributed by atoms with Crippen molar-refractivity contribution >= 4 is 93.0 Å². The second-order valence-electron chi connectivity index (χ2n) is 40.6. The number of phenols is 4. The molecule has 5 aromatic rings. The molecule has 8 unspecified atom stereocenters. The fraction of sp³-hybridized carbons (Fsp3) is 0.699. The van der Waals surface area contributed by atoms with Gasteiger partial charge in [0, 0.05) is 52.7 Å². The first-order valence-electron chi connectivity index (χ1n) is 53.3. The third-order valence-corrected chi connectivity index (χ3v) is 30.3. The summed E-state index contributed by atoms with van der Waals surface area (Å²) in [6.45, 7) is 13.6. The van der Waals surface area contributed by atoms with Crippen LogP contribution in [0, 0.1) is 37.5 Å². The van der Waals surface area contributed by atoms with Gasteiger partial charge in [-0.05, 0) is 239 Å². The molecule has 21 heteroatoms. The third kappa shape index (κ3) is 49.2. The van der Waals surface area contributed by atoms with E-state index in [1.807, 2.05) is 30.9 Å². The maximum absolute atomic E-state index is 11.5. The van der Waals surface area contributed by atoms with Crippen molar-refractivity contribution in [1.82, 2.24) is 0 Å². The average Bonchev–Trinajstić information content (AvgIpc) is 0.799. The molecule has 0 amide bonds. The van der Waals surface area contributed by atoms with Gasteiger partial charge in [-0.1, -0.05) is 353 Å². The number of aliphatic imine (C=N–C) groups is 4. The van der Waals surface area contributed by atoms with Gasteiger partial charge in [0.25, 0.3) is 0 Å². The monoisotopic (exact) mass is 2310 g/mol. The maximum atomic E-state index is 11.5. The summed E-state index contributed by atoms with van der Waals surface area (Å²) in [6.07, 6.45) is 86.3. The Morgan fingerprint density at radius 2 is 0.455 bits per heavy atom. The predicted molar refractivity (Wildman–Crippen MR) is 571 cm³/mol. The van der Waals surface area contributed by atoms with E-state index >= 15 is 0 Å². The van der Waals surface area contributed by atoms with Crippen LogP contribution in [0.3, 0.4) is 0 Å². The normalized spacial score (nSPS) is 23.5. The number of ether oxygens (including phenoxy) is 1. The summed E-state index contributed by atoms with van der Waals surface area (Å²) in [5.41, 5.74) is 13.1. The number of nitrogens with zero attached hydrogens (tertiary/aromatic N) is 4. The third-order valence-electron chi connectivity index (χ3n) is 30.3. The quantitative estimate of drug-likeness (QED) is 0.0820. The van der Waals surface area contributed by atoms with Crippen LogP contribution in [0.4, 0.5) is 0 Å². The van der Waals surface area contributed by atoms with Gasteiger partial charge in [0.15, 0.2) is 0 Å². The van der Waals surface area contributed by atoms with Gasteiger partial charge < -0.3 is 25.2 Å². The van der Waals surface area contributed by atoms with Gasteiger partial charge >= 0.3 is 151 Å². The second-order valence-corrected chi connectivity index (χ2v) is 55.6. The van der Waals surface area contributed by atoms with Crippen molar-refractivity contribution in [3.63, 3.8) is 0 Å². The number of rotatable bonds is 14. The summed E-state index contributed by atoms with van der Waals surface area (Å²) in [6, 6.07) is 29.4. The van der Waals surface area contributed by atoms with Gasteiger partial charge in [-0.3, -0.25) is 20.0 Å². The number of halogens is 8. The van der Waals surface area contributed by atoms with E-state index in [1.54, 1.807) is 7.11 Å². The van der Waals surface area contributed by atoms with E-state index < -0.39 is 83.4 Å². The molecule has 0 spiro atoms. The van der Waals surface area contributed by atoms with Crippen molar-refractivity contribution in [2.75, 3.05) is 7.11 Å². The predicted octanol–water partition coefficient (Wildman–Crippen LogP) is 38.9. The van der Waals surface area contributed by atoms with Crippen molar-refractivity contribution in [2.24, 2.45) is 43.6 Å². The van der Waals surface area contributed by atoms with Crippen LogP contribution in [-0.2, 0) is 83.4 Å². The molecule has 5 aromatic carbocycles. The van der Waals surface area contributed by atoms with E-state index in [-0.39, 0.29) is 0 Å². The molecule has 13 rings (SSSR count). The number of aryl methyl sites for hydroxylation is 2. The van der Waals surface area contributed by atoms with Crippen LogP contribution >= 0.6 is 68.1 Å². The number of hydrogen-bond donors (Lipinski definition) is 4. The van der Waals surface area contributed by atoms with Crippen LogP contribution in [0.1, 0.15) is 492 Å². The first kappa shape index (κ1) is 122. The number of methoxy groups -OCH3 is 1. The number of aromatic hydroxyl groups is 4. The molecule has 4 N–H and O–H groups in total. The van der Waals surface area contributed by atoms with Crippen LogP contribution in [-0.4, -0.2) is 76.6 Å². The van der Waals surface area contributed by atoms with Crippen LogP contribution < -0.4 is 4.74 Å². The molecule has 0 heterocycles. The summed E-state index contributed by atoms with van der Waals surface area (Å²) < 4.78 is 5.62. The summed E-state index contributed by atoms with van der Waals surface area (Å²) in [4.78, 5) is 19.8. The topological polar surface area (TPSA) is 140 Å². The Balaban J connectivity index is 0.000000264. The Morgan fingerprint density at radius 3 is 0.694 bits per heavy atom. The van der Waals surface area contributed by atoms with Gasteiger partial charge in [0.05, 0.1) is 31.3 Å². The van der Waals surface area contributed by atoms with E-state index in [1.165, 1.54) is 399 Å². The first-order chi connectivity index (χ1) is 65.4. The molecule has 8 fully saturated rings. The van der Waals surface area contributed by atoms with E-state index in [9.17, 15) is 20.4 Å². The standard InChI is InChI=1S/C32H45NO.C27H43NO2.2C27H43NO.8ClH.4Zr/c1-25-16-14-15-21-31(25)33-24-29-22-28(26-17-12-9-13-18-26)23-30(32(29)34)27-19-10-7-5-3-2-4-6-8-11-20-27;1-21-14-12-13-17-26(21)28-20-23-18-24(30-2)19-25(27(23)29)22-15-10-8-6-4-3-5-7-9-11-16-22;2*1-21-18-24(20-28-26-17-13-12-14-22(26)2)27(29)25(19-21)23-15-10-8-6-4-3-5-7-9-11-16-23;;;;;;;;;;;;/h9,12-13,17-18,22-25,27,31,34H,2-8,10-11,14-16,19-21H2,1H3;18-22,26,29H,3-17H2,1-2H3;2*18-20,22-23,26,29H,3-17H2,1-2H3;8*1H;;;;/q;;;;;;;;;;;;4*+2/p-8. The van der Waals surface area contributed by atoms with Gasteiger partial charge in [0.2, 0.25) is 0 Å². The van der Waals surface area contributed by atoms with Crippen LogP contribution in [0.25, 0.3) is 11.1 Å². The summed E-state index contributed by atoms with van der Waals surface area (Å²) >= 11 is -3.30. The molecule has 8 aliphatic carbocycles. The fourth-order valence-electron chi connectivity index (χ4n) is 22.2. The molecule has 8 atom stereocenters. The Kier molecular flexibility index (Phi) is 70.4. The summed E-state index contributed by atoms with van der Waals surface area (Å²) in [5.74, 6) is 7.18. The fourth-order valence-corrected chi connectivity index (χ4v) is 22.2. The van der Waals surface area contributed by atoms with E-state index in [0.29, 0.717) is 94.5 Å². The molecule has 748 valence electrons. The summed E-state index contributed by atoms with van der Waals surface area (Å²) in [5, 5.41) is 45.0. The molecule has 0 radical (unpaired) electrons. The molecule has 8 saturated carbocycles. The van der Waals surface area contributed by atoms with Crippen molar-refractivity contribution in [2.45, 2.75) is 475 Å². The Morgan fingerprint density at radius 1 is 0.254 bits per heavy atom. The minimum absolute atomic E-state index is 0.383. The molecular weight excluding hydrogens is 2140 g/mol. The first-order valence-corrected chi connectivity index (χ1v) is 78.7. The summed E-state index contributed by atoms with van der Waals surface area (Å²) in [7, 11) is 41.2. The molecule has 0 aromatic heterocycles. The zero-order valence-electron chi connectivity index (χ0n) is 83.7. The van der Waals surface area contributed by atoms with E-state index in [0.717, 1.165) is 58.4 Å². The molecule has 9 nitrogen and oxygen atoms in total. The van der Waals surface area contributed by atoms with Crippen LogP contribution in [0.2, 0.25) is 0 Å². The van der Waals surface area contributed by atoms with E-state index in [4.69, 9.17) is 92.8 Å². The van der Waals surface area contributed by atoms with Gasteiger partial charge in [-0.25, -0.2) is 0 Å². The molecule has 0 aliphatic heterocycles. The zero-order chi connectivity index (χ0) is 96.6. The van der Waals surface area contributed by atoms with Crippen molar-refractivity contribution in [3.8, 4) is 39.9 Å². The van der Waals surface area contributed by atoms with Gasteiger partial charge in [0.1, 0.15) is 28.7 Å². The van der Waals surface area contributed by atoms with Crippen molar-refractivity contribution < 1.29 is 109 Å². The van der Waals surface area contributed by atoms with Gasteiger partial charge in [-0.2, -0.15) is 0 Å². The number of phenolic OH excluding ortho intramolecular Hbond substituents is 4. The SMILES string of the molecule is CC1CCCCC1N=Cc1cc(-c2ccccc2)cc(C2CCCCCCCCCCC2)c1O.COc1cc(C=NC2CCCCC2C)c(O)c(C2CCCCCCCCCCC2)c1.Cc1cc(C=NC2CCCCC2C)c(O)c(C2CCCCCCCCCCC2)c1.Cc1cc(C=NC2CCCCC2C)c(O)c(C2CCCCCCCCCCC2)c1.[Cl][Zr][Cl].[Cl][Zr][Cl].[Cl][Zr][Cl].[Cl][Zr][Cl].